The number of quaternary nitrogens is 1. The van der Waals surface area contributed by atoms with E-state index in [2.05, 4.69) is 5.73 Å². The van der Waals surface area contributed by atoms with Crippen LogP contribution in [0.15, 0.2) is 24.3 Å². The monoisotopic (exact) mass is 194 g/mol. The van der Waals surface area contributed by atoms with Crippen molar-refractivity contribution in [3.63, 3.8) is 0 Å². The zero-order chi connectivity index (χ0) is 10.7. The zero-order valence-electron chi connectivity index (χ0n) is 8.36. The van der Waals surface area contributed by atoms with Crippen molar-refractivity contribution < 1.29 is 15.6 Å². The van der Waals surface area contributed by atoms with E-state index in [9.17, 15) is 9.90 Å². The van der Waals surface area contributed by atoms with Crippen molar-refractivity contribution >= 4 is 11.7 Å². The van der Waals surface area contributed by atoms with Gasteiger partial charge in [-0.05, 0) is 12.1 Å². The highest BCUT2D eigenvalue weighted by Gasteiger charge is 2.09. The summed E-state index contributed by atoms with van der Waals surface area (Å²) < 4.78 is 0. The number of benzene rings is 1. The molecule has 4 nitrogen and oxygen atoms in total. The fourth-order valence-corrected chi connectivity index (χ4v) is 1.14. The predicted octanol–water partition coefficient (Wildman–Crippen LogP) is -1.21. The molecule has 0 fully saturated rings. The molecule has 14 heavy (non-hydrogen) atoms. The summed E-state index contributed by atoms with van der Waals surface area (Å²) in [6, 6.07) is 6.42. The predicted molar refractivity (Wildman–Crippen MR) is 51.4 cm³/mol. The molecule has 3 N–H and O–H groups in total. The third-order valence-corrected chi connectivity index (χ3v) is 2.10. The number of carbonyl (C=O) groups is 1. The minimum atomic E-state index is -1.15. The Kier molecular flexibility index (Phi) is 3.09. The van der Waals surface area contributed by atoms with Crippen molar-refractivity contribution in [2.75, 3.05) is 19.0 Å². The topological polar surface area (TPSA) is 71.0 Å². The number of hydrogen-bond donors (Lipinski definition) is 1. The van der Waals surface area contributed by atoms with E-state index in [1.165, 1.54) is 0 Å². The summed E-state index contributed by atoms with van der Waals surface area (Å²) in [4.78, 5) is 12.5. The van der Waals surface area contributed by atoms with E-state index in [-0.39, 0.29) is 0 Å². The van der Waals surface area contributed by atoms with Gasteiger partial charge in [-0.2, -0.15) is 0 Å². The highest BCUT2D eigenvalue weighted by molar-refractivity contribution is 5.71. The van der Waals surface area contributed by atoms with Gasteiger partial charge >= 0.3 is 0 Å². The van der Waals surface area contributed by atoms with Gasteiger partial charge in [-0.3, -0.25) is 0 Å². The molecular weight excluding hydrogens is 180 g/mol. The number of rotatable bonds is 3. The van der Waals surface area contributed by atoms with Gasteiger partial charge in [0.2, 0.25) is 0 Å². The Balaban J connectivity index is 2.88. The summed E-state index contributed by atoms with van der Waals surface area (Å²) in [6.07, 6.45) is 0. The Bertz CT molecular complexity index is 319. The fourth-order valence-electron chi connectivity index (χ4n) is 1.14. The maximum atomic E-state index is 10.5. The Morgan fingerprint density at radius 3 is 2.21 bits per heavy atom. The molecule has 0 heterocycles. The SMILES string of the molecule is CN(C)c1ccc([C@H]([NH3+])C(=O)[O-])cc1. The average molecular weight is 194 g/mol. The summed E-state index contributed by atoms with van der Waals surface area (Å²) in [5.41, 5.74) is 5.20. The number of hydrogen-bond acceptors (Lipinski definition) is 3. The minimum Gasteiger partial charge on any atom is -0.544 e. The first-order chi connectivity index (χ1) is 6.52. The van der Waals surface area contributed by atoms with Crippen LogP contribution < -0.4 is 15.7 Å². The van der Waals surface area contributed by atoms with Crippen molar-refractivity contribution in [1.29, 1.82) is 0 Å². The molecule has 1 aromatic rings. The van der Waals surface area contributed by atoms with E-state index >= 15 is 0 Å². The summed E-state index contributed by atoms with van der Waals surface area (Å²) in [5.74, 6) is -1.15. The van der Waals surface area contributed by atoms with Gasteiger partial charge in [-0.25, -0.2) is 0 Å². The first kappa shape index (κ1) is 10.5. The normalized spacial score (nSPS) is 12.2. The molecule has 0 radical (unpaired) electrons. The smallest absolute Gasteiger partial charge is 0.150 e. The molecule has 0 aliphatic heterocycles. The van der Waals surface area contributed by atoms with Crippen molar-refractivity contribution in [2.24, 2.45) is 0 Å². The highest BCUT2D eigenvalue weighted by Crippen LogP contribution is 2.15. The first-order valence-electron chi connectivity index (χ1n) is 4.33. The van der Waals surface area contributed by atoms with Crippen molar-refractivity contribution in [3.8, 4) is 0 Å². The summed E-state index contributed by atoms with van der Waals surface area (Å²) >= 11 is 0. The second kappa shape index (κ2) is 4.11. The maximum absolute atomic E-state index is 10.5. The number of anilines is 1. The summed E-state index contributed by atoms with van der Waals surface area (Å²) in [5, 5.41) is 10.5. The standard InChI is InChI=1S/C10H14N2O2/c1-12(2)8-5-3-7(4-6-8)9(11)10(13)14/h3-6,9H,11H2,1-2H3,(H,13,14)/t9-/m0/s1. The molecule has 0 aliphatic rings. The first-order valence-corrected chi connectivity index (χ1v) is 4.33. The lowest BCUT2D eigenvalue weighted by molar-refractivity contribution is -0.443. The van der Waals surface area contributed by atoms with Gasteiger partial charge in [0.15, 0.2) is 6.04 Å². The van der Waals surface area contributed by atoms with Crippen LogP contribution in [0.25, 0.3) is 0 Å². The van der Waals surface area contributed by atoms with Crippen molar-refractivity contribution in [2.45, 2.75) is 6.04 Å². The molecule has 76 valence electrons. The van der Waals surface area contributed by atoms with E-state index in [4.69, 9.17) is 0 Å². The van der Waals surface area contributed by atoms with Gasteiger partial charge in [-0.1, -0.05) is 12.1 Å². The lowest BCUT2D eigenvalue weighted by Crippen LogP contribution is -2.61. The molecule has 0 amide bonds. The largest absolute Gasteiger partial charge is 0.544 e. The highest BCUT2D eigenvalue weighted by atomic mass is 16.4. The Morgan fingerprint density at radius 2 is 1.86 bits per heavy atom. The van der Waals surface area contributed by atoms with Crippen LogP contribution in [0.3, 0.4) is 0 Å². The van der Waals surface area contributed by atoms with Crippen LogP contribution in [0.4, 0.5) is 5.69 Å². The molecule has 1 rings (SSSR count). The van der Waals surface area contributed by atoms with Crippen molar-refractivity contribution in [3.05, 3.63) is 29.8 Å². The van der Waals surface area contributed by atoms with Crippen LogP contribution >= 0.6 is 0 Å². The molecule has 0 aliphatic carbocycles. The molecular formula is C10H14N2O2. The molecule has 1 aromatic carbocycles. The van der Waals surface area contributed by atoms with E-state index in [1.54, 1.807) is 12.1 Å². The Morgan fingerprint density at radius 1 is 1.36 bits per heavy atom. The molecule has 0 saturated heterocycles. The third-order valence-electron chi connectivity index (χ3n) is 2.10. The van der Waals surface area contributed by atoms with E-state index in [1.807, 2.05) is 31.1 Å². The zero-order valence-corrected chi connectivity index (χ0v) is 8.36. The lowest BCUT2D eigenvalue weighted by Gasteiger charge is -2.14. The number of aliphatic carboxylic acids is 1. The van der Waals surface area contributed by atoms with Gasteiger partial charge in [-0.15, -0.1) is 0 Å². The van der Waals surface area contributed by atoms with E-state index in [0.29, 0.717) is 5.56 Å². The van der Waals surface area contributed by atoms with Crippen LogP contribution in [-0.2, 0) is 4.79 Å². The van der Waals surface area contributed by atoms with Gasteiger partial charge in [0.05, 0.1) is 0 Å². The van der Waals surface area contributed by atoms with Crippen LogP contribution in [0.1, 0.15) is 11.6 Å². The van der Waals surface area contributed by atoms with Gasteiger partial charge in [0.1, 0.15) is 5.97 Å². The van der Waals surface area contributed by atoms with Crippen LogP contribution in [0, 0.1) is 0 Å². The molecule has 0 spiro atoms. The molecule has 1 atom stereocenters. The third kappa shape index (κ3) is 2.23. The van der Waals surface area contributed by atoms with E-state index in [0.717, 1.165) is 5.69 Å². The number of nitrogens with zero attached hydrogens (tertiary/aromatic N) is 1. The molecule has 0 bridgehead atoms. The molecule has 0 aromatic heterocycles. The number of carbonyl (C=O) groups excluding carboxylic acids is 1. The van der Waals surface area contributed by atoms with Crippen LogP contribution in [0.2, 0.25) is 0 Å². The second-order valence-electron chi connectivity index (χ2n) is 3.36. The number of carboxylic acids is 1. The minimum absolute atomic E-state index is 0.663. The summed E-state index contributed by atoms with van der Waals surface area (Å²) in [7, 11) is 3.85. The van der Waals surface area contributed by atoms with Crippen LogP contribution in [0.5, 0.6) is 0 Å². The lowest BCUT2D eigenvalue weighted by atomic mass is 10.1. The fraction of sp³-hybridized carbons (Fsp3) is 0.300. The Hall–Kier alpha value is -1.55. The van der Waals surface area contributed by atoms with Crippen molar-refractivity contribution in [1.82, 2.24) is 0 Å². The van der Waals surface area contributed by atoms with Gasteiger partial charge < -0.3 is 20.5 Å². The molecule has 0 unspecified atom stereocenters. The maximum Gasteiger partial charge on any atom is 0.150 e. The molecule has 4 heteroatoms. The van der Waals surface area contributed by atoms with Gasteiger partial charge in [0, 0.05) is 25.3 Å². The van der Waals surface area contributed by atoms with Gasteiger partial charge in [0.25, 0.3) is 0 Å². The van der Waals surface area contributed by atoms with Crippen LogP contribution in [-0.4, -0.2) is 20.1 Å². The number of carboxylic acid groups (broad SMARTS) is 1. The average Bonchev–Trinajstić information content (AvgIpc) is 2.16. The molecule has 0 saturated carbocycles. The Labute approximate surface area is 82.9 Å². The quantitative estimate of drug-likeness (QED) is 0.656. The van der Waals surface area contributed by atoms with E-state index < -0.39 is 12.0 Å². The second-order valence-corrected chi connectivity index (χ2v) is 3.36. The summed E-state index contributed by atoms with van der Waals surface area (Å²) in [6.45, 7) is 0.